The van der Waals surface area contributed by atoms with Gasteiger partial charge in [-0.15, -0.1) is 0 Å². The molecule has 1 heterocycles. The van der Waals surface area contributed by atoms with Crippen LogP contribution in [-0.4, -0.2) is 41.9 Å². The zero-order chi connectivity index (χ0) is 11.1. The van der Waals surface area contributed by atoms with Crippen LogP contribution in [0, 0.1) is 11.3 Å². The monoisotopic (exact) mass is 215 g/mol. The van der Waals surface area contributed by atoms with Gasteiger partial charge in [-0.25, -0.2) is 4.39 Å². The number of rotatable bonds is 4. The summed E-state index contributed by atoms with van der Waals surface area (Å²) in [6.45, 7) is 6.44. The van der Waals surface area contributed by atoms with Crippen LogP contribution in [0.5, 0.6) is 0 Å². The van der Waals surface area contributed by atoms with Crippen LogP contribution >= 0.6 is 0 Å². The number of β-amino-alcohol motifs (C(OH)–C–C–N with tert-alkyl or cyclic N) is 1. The molecule has 0 bridgehead atoms. The van der Waals surface area contributed by atoms with Crippen molar-refractivity contribution in [2.75, 3.05) is 19.6 Å². The third-order valence-corrected chi connectivity index (χ3v) is 3.65. The summed E-state index contributed by atoms with van der Waals surface area (Å²) in [6.07, 6.45) is 2.04. The highest BCUT2D eigenvalue weighted by Crippen LogP contribution is 2.51. The summed E-state index contributed by atoms with van der Waals surface area (Å²) >= 11 is 0. The van der Waals surface area contributed by atoms with Gasteiger partial charge in [-0.2, -0.15) is 0 Å². The Morgan fingerprint density at radius 2 is 2.07 bits per heavy atom. The predicted octanol–water partition coefficient (Wildman–Crippen LogP) is 1.83. The maximum absolute atomic E-state index is 13.1. The SMILES string of the molecule is CC(C)CC1(CN2C[C@@H](O)[C@@H](F)C2)CC1. The van der Waals surface area contributed by atoms with E-state index in [1.807, 2.05) is 0 Å². The quantitative estimate of drug-likeness (QED) is 0.773. The Hall–Kier alpha value is -0.150. The fraction of sp³-hybridized carbons (Fsp3) is 1.00. The van der Waals surface area contributed by atoms with E-state index in [-0.39, 0.29) is 0 Å². The largest absolute Gasteiger partial charge is 0.389 e. The molecule has 1 saturated carbocycles. The molecule has 2 rings (SSSR count). The molecule has 0 unspecified atom stereocenters. The number of likely N-dealkylation sites (tertiary alicyclic amines) is 1. The van der Waals surface area contributed by atoms with Gasteiger partial charge in [-0.1, -0.05) is 13.8 Å². The summed E-state index contributed by atoms with van der Waals surface area (Å²) in [4.78, 5) is 2.10. The number of halogens is 1. The van der Waals surface area contributed by atoms with Crippen LogP contribution in [0.1, 0.15) is 33.1 Å². The molecule has 0 aromatic carbocycles. The number of hydrogen-bond donors (Lipinski definition) is 1. The number of nitrogens with zero attached hydrogens (tertiary/aromatic N) is 1. The Bertz CT molecular complexity index is 218. The van der Waals surface area contributed by atoms with E-state index in [9.17, 15) is 9.50 Å². The molecule has 2 atom stereocenters. The topological polar surface area (TPSA) is 23.5 Å². The van der Waals surface area contributed by atoms with Crippen molar-refractivity contribution >= 4 is 0 Å². The highest BCUT2D eigenvalue weighted by Gasteiger charge is 2.45. The second-order valence-corrected chi connectivity index (χ2v) is 5.88. The van der Waals surface area contributed by atoms with Crippen LogP contribution in [0.4, 0.5) is 4.39 Å². The van der Waals surface area contributed by atoms with Gasteiger partial charge in [-0.3, -0.25) is 4.90 Å². The van der Waals surface area contributed by atoms with Gasteiger partial charge in [0, 0.05) is 19.6 Å². The van der Waals surface area contributed by atoms with Gasteiger partial charge in [0.2, 0.25) is 0 Å². The standard InChI is InChI=1S/C12H22FNO/c1-9(2)5-12(3-4-12)8-14-6-10(13)11(15)7-14/h9-11,15H,3-8H2,1-2H3/t10-,11+/m0/s1. The Morgan fingerprint density at radius 1 is 1.40 bits per heavy atom. The third kappa shape index (κ3) is 2.70. The van der Waals surface area contributed by atoms with Crippen LogP contribution in [-0.2, 0) is 0 Å². The molecule has 1 N–H and O–H groups in total. The van der Waals surface area contributed by atoms with Gasteiger partial charge >= 0.3 is 0 Å². The van der Waals surface area contributed by atoms with Crippen LogP contribution in [0.3, 0.4) is 0 Å². The molecule has 15 heavy (non-hydrogen) atoms. The van der Waals surface area contributed by atoms with Gasteiger partial charge < -0.3 is 5.11 Å². The molecule has 88 valence electrons. The zero-order valence-electron chi connectivity index (χ0n) is 9.75. The van der Waals surface area contributed by atoms with E-state index in [1.165, 1.54) is 19.3 Å². The minimum Gasteiger partial charge on any atom is -0.389 e. The highest BCUT2D eigenvalue weighted by molar-refractivity contribution is 4.98. The Balaban J connectivity index is 1.82. The number of hydrogen-bond acceptors (Lipinski definition) is 2. The molecule has 2 aliphatic rings. The van der Waals surface area contributed by atoms with Gasteiger partial charge in [-0.05, 0) is 30.6 Å². The van der Waals surface area contributed by atoms with Gasteiger partial charge in [0.1, 0.15) is 6.17 Å². The average molecular weight is 215 g/mol. The van der Waals surface area contributed by atoms with Crippen molar-refractivity contribution in [3.63, 3.8) is 0 Å². The fourth-order valence-electron chi connectivity index (χ4n) is 2.89. The van der Waals surface area contributed by atoms with Gasteiger partial charge in [0.05, 0.1) is 6.10 Å². The molecular weight excluding hydrogens is 193 g/mol. The second-order valence-electron chi connectivity index (χ2n) is 5.88. The van der Waals surface area contributed by atoms with Crippen molar-refractivity contribution in [1.29, 1.82) is 0 Å². The molecule has 0 aromatic heterocycles. The average Bonchev–Trinajstić information content (AvgIpc) is 2.75. The van der Waals surface area contributed by atoms with E-state index in [1.54, 1.807) is 0 Å². The Morgan fingerprint density at radius 3 is 2.47 bits per heavy atom. The molecule has 1 aliphatic heterocycles. The molecular formula is C12H22FNO. The number of alkyl halides is 1. The summed E-state index contributed by atoms with van der Waals surface area (Å²) in [5, 5.41) is 9.35. The predicted molar refractivity (Wildman–Crippen MR) is 58.5 cm³/mol. The maximum atomic E-state index is 13.1. The summed E-state index contributed by atoms with van der Waals surface area (Å²) in [5.74, 6) is 0.723. The summed E-state index contributed by atoms with van der Waals surface area (Å²) < 4.78 is 13.1. The van der Waals surface area contributed by atoms with E-state index < -0.39 is 12.3 Å². The molecule has 3 heteroatoms. The van der Waals surface area contributed by atoms with Crippen LogP contribution in [0.15, 0.2) is 0 Å². The molecule has 2 nitrogen and oxygen atoms in total. The first-order valence-corrected chi connectivity index (χ1v) is 6.05. The van der Waals surface area contributed by atoms with Crippen molar-refractivity contribution in [3.8, 4) is 0 Å². The summed E-state index contributed by atoms with van der Waals surface area (Å²) in [5.41, 5.74) is 0.456. The summed E-state index contributed by atoms with van der Waals surface area (Å²) in [6, 6.07) is 0. The molecule has 2 fully saturated rings. The van der Waals surface area contributed by atoms with Crippen LogP contribution < -0.4 is 0 Å². The second kappa shape index (κ2) is 4.02. The third-order valence-electron chi connectivity index (χ3n) is 3.65. The molecule has 1 saturated heterocycles. The van der Waals surface area contributed by atoms with E-state index in [4.69, 9.17) is 0 Å². The number of aliphatic hydroxyl groups is 1. The normalized spacial score (nSPS) is 35.0. The maximum Gasteiger partial charge on any atom is 0.140 e. The smallest absolute Gasteiger partial charge is 0.140 e. The lowest BCUT2D eigenvalue weighted by Crippen LogP contribution is -2.30. The van der Waals surface area contributed by atoms with Crippen molar-refractivity contribution in [1.82, 2.24) is 4.90 Å². The first kappa shape index (κ1) is 11.3. The van der Waals surface area contributed by atoms with E-state index in [0.717, 1.165) is 12.5 Å². The lowest BCUT2D eigenvalue weighted by molar-refractivity contribution is 0.115. The van der Waals surface area contributed by atoms with Crippen LogP contribution in [0.2, 0.25) is 0 Å². The lowest BCUT2D eigenvalue weighted by Gasteiger charge is -2.24. The van der Waals surface area contributed by atoms with Crippen molar-refractivity contribution in [2.24, 2.45) is 11.3 Å². The first-order chi connectivity index (χ1) is 7.01. The highest BCUT2D eigenvalue weighted by atomic mass is 19.1. The molecule has 0 radical (unpaired) electrons. The Kier molecular flexibility index (Phi) is 3.04. The van der Waals surface area contributed by atoms with E-state index >= 15 is 0 Å². The molecule has 0 aromatic rings. The molecule has 0 spiro atoms. The van der Waals surface area contributed by atoms with Crippen molar-refractivity contribution in [2.45, 2.75) is 45.4 Å². The Labute approximate surface area is 91.5 Å². The van der Waals surface area contributed by atoms with E-state index in [2.05, 4.69) is 18.7 Å². The summed E-state index contributed by atoms with van der Waals surface area (Å²) in [7, 11) is 0. The van der Waals surface area contributed by atoms with Crippen molar-refractivity contribution in [3.05, 3.63) is 0 Å². The minimum absolute atomic E-state index is 0.432. The molecule has 1 aliphatic carbocycles. The van der Waals surface area contributed by atoms with Gasteiger partial charge in [0.25, 0.3) is 0 Å². The lowest BCUT2D eigenvalue weighted by atomic mass is 9.94. The van der Waals surface area contributed by atoms with Crippen LogP contribution in [0.25, 0.3) is 0 Å². The fourth-order valence-corrected chi connectivity index (χ4v) is 2.89. The minimum atomic E-state index is -1.03. The first-order valence-electron chi connectivity index (χ1n) is 6.05. The van der Waals surface area contributed by atoms with E-state index in [0.29, 0.717) is 18.5 Å². The molecule has 0 amide bonds. The zero-order valence-corrected chi connectivity index (χ0v) is 9.75. The number of aliphatic hydroxyl groups excluding tert-OH is 1. The van der Waals surface area contributed by atoms with Gasteiger partial charge in [0.15, 0.2) is 0 Å². The van der Waals surface area contributed by atoms with Crippen molar-refractivity contribution < 1.29 is 9.50 Å².